The van der Waals surface area contributed by atoms with Crippen molar-refractivity contribution in [3.8, 4) is 0 Å². The highest BCUT2D eigenvalue weighted by Crippen LogP contribution is 2.35. The second-order valence-electron chi connectivity index (χ2n) is 5.66. The predicted molar refractivity (Wildman–Crippen MR) is 75.4 cm³/mol. The van der Waals surface area contributed by atoms with Crippen molar-refractivity contribution in [2.24, 2.45) is 5.41 Å². The van der Waals surface area contributed by atoms with Crippen molar-refractivity contribution in [1.82, 2.24) is 4.90 Å². The van der Waals surface area contributed by atoms with Crippen LogP contribution < -0.4 is 0 Å². The topological polar surface area (TPSA) is 45.8 Å². The molecule has 0 bridgehead atoms. The summed E-state index contributed by atoms with van der Waals surface area (Å²) in [6.07, 6.45) is 0. The van der Waals surface area contributed by atoms with E-state index in [1.165, 1.54) is 0 Å². The largest absolute Gasteiger partial charge is 0.465 e. The van der Waals surface area contributed by atoms with E-state index in [0.717, 1.165) is 36.1 Å². The van der Waals surface area contributed by atoms with Crippen LogP contribution in [0.5, 0.6) is 0 Å². The normalized spacial score (nSPS) is 27.2. The summed E-state index contributed by atoms with van der Waals surface area (Å²) < 4.78 is 11.1. The molecule has 1 atom stereocenters. The van der Waals surface area contributed by atoms with E-state index in [2.05, 4.69) is 11.0 Å². The first-order chi connectivity index (χ1) is 9.22. The van der Waals surface area contributed by atoms with Crippen molar-refractivity contribution in [3.05, 3.63) is 23.7 Å². The van der Waals surface area contributed by atoms with Gasteiger partial charge < -0.3 is 14.3 Å². The van der Waals surface area contributed by atoms with E-state index < -0.39 is 0 Å². The average molecular weight is 283 g/mol. The lowest BCUT2D eigenvalue weighted by atomic mass is 9.86. The van der Waals surface area contributed by atoms with Crippen LogP contribution in [0.1, 0.15) is 17.6 Å². The number of hydrogen-bond donors (Lipinski definition) is 1. The molecule has 5 heteroatoms. The molecule has 1 aromatic heterocycles. The maximum atomic E-state index is 9.59. The van der Waals surface area contributed by atoms with Gasteiger partial charge in [-0.2, -0.15) is 11.8 Å². The van der Waals surface area contributed by atoms with Crippen LogP contribution in [0.4, 0.5) is 0 Å². The van der Waals surface area contributed by atoms with Gasteiger partial charge in [0, 0.05) is 24.6 Å². The third-order valence-corrected chi connectivity index (χ3v) is 5.04. The lowest BCUT2D eigenvalue weighted by Gasteiger charge is -2.46. The van der Waals surface area contributed by atoms with Crippen LogP contribution in [0.3, 0.4) is 0 Å². The van der Waals surface area contributed by atoms with Crippen molar-refractivity contribution in [3.63, 3.8) is 0 Å². The maximum Gasteiger partial charge on any atom is 0.122 e. The highest BCUT2D eigenvalue weighted by atomic mass is 32.2. The van der Waals surface area contributed by atoms with Gasteiger partial charge >= 0.3 is 0 Å². The molecule has 2 aliphatic heterocycles. The van der Waals surface area contributed by atoms with Crippen LogP contribution in [-0.4, -0.2) is 54.4 Å². The predicted octanol–water partition coefficient (Wildman–Crippen LogP) is 1.69. The highest BCUT2D eigenvalue weighted by molar-refractivity contribution is 7.99. The van der Waals surface area contributed by atoms with Gasteiger partial charge in [-0.1, -0.05) is 0 Å². The zero-order valence-electron chi connectivity index (χ0n) is 11.3. The molecule has 4 nitrogen and oxygen atoms in total. The van der Waals surface area contributed by atoms with E-state index in [1.54, 1.807) is 0 Å². The van der Waals surface area contributed by atoms with E-state index in [9.17, 15) is 5.11 Å². The Morgan fingerprint density at radius 3 is 2.89 bits per heavy atom. The molecule has 1 N–H and O–H groups in total. The maximum absolute atomic E-state index is 9.59. The zero-order valence-corrected chi connectivity index (χ0v) is 12.1. The van der Waals surface area contributed by atoms with Gasteiger partial charge in [0.1, 0.15) is 11.5 Å². The molecule has 2 saturated heterocycles. The van der Waals surface area contributed by atoms with Gasteiger partial charge in [0.25, 0.3) is 0 Å². The Morgan fingerprint density at radius 2 is 2.32 bits per heavy atom. The van der Waals surface area contributed by atoms with E-state index >= 15 is 0 Å². The third-order valence-electron chi connectivity index (χ3n) is 4.02. The van der Waals surface area contributed by atoms with Crippen LogP contribution in [-0.2, 0) is 4.74 Å². The van der Waals surface area contributed by atoms with Crippen LogP contribution in [0.25, 0.3) is 0 Å². The summed E-state index contributed by atoms with van der Waals surface area (Å²) in [5.41, 5.74) is -0.0537. The fourth-order valence-corrected chi connectivity index (χ4v) is 3.90. The minimum atomic E-state index is -0.0537. The first-order valence-electron chi connectivity index (χ1n) is 6.79. The van der Waals surface area contributed by atoms with E-state index in [4.69, 9.17) is 9.15 Å². The molecular weight excluding hydrogens is 262 g/mol. The first kappa shape index (κ1) is 13.5. The van der Waals surface area contributed by atoms with Crippen molar-refractivity contribution >= 4 is 11.8 Å². The molecule has 2 fully saturated rings. The third kappa shape index (κ3) is 2.70. The Hall–Kier alpha value is -0.490. The smallest absolute Gasteiger partial charge is 0.122 e. The number of aliphatic hydroxyl groups is 1. The van der Waals surface area contributed by atoms with Gasteiger partial charge in [-0.3, -0.25) is 4.90 Å². The van der Waals surface area contributed by atoms with E-state index in [0.29, 0.717) is 19.3 Å². The SMILES string of the molecule is Cc1ccc(C2CSCCN2CC2(CO)COC2)o1. The van der Waals surface area contributed by atoms with Crippen molar-refractivity contribution in [2.45, 2.75) is 13.0 Å². The summed E-state index contributed by atoms with van der Waals surface area (Å²) in [6, 6.07) is 4.44. The molecule has 0 aliphatic carbocycles. The number of nitrogens with zero attached hydrogens (tertiary/aromatic N) is 1. The van der Waals surface area contributed by atoms with Crippen molar-refractivity contribution < 1.29 is 14.3 Å². The van der Waals surface area contributed by atoms with Gasteiger partial charge in [-0.25, -0.2) is 0 Å². The molecule has 0 aromatic carbocycles. The number of rotatable bonds is 4. The summed E-state index contributed by atoms with van der Waals surface area (Å²) >= 11 is 1.97. The lowest BCUT2D eigenvalue weighted by Crippen LogP contribution is -2.55. The Labute approximate surface area is 118 Å². The van der Waals surface area contributed by atoms with Gasteiger partial charge in [0.05, 0.1) is 31.3 Å². The van der Waals surface area contributed by atoms with Crippen LogP contribution >= 0.6 is 11.8 Å². The number of aryl methyl sites for hydroxylation is 1. The summed E-state index contributed by atoms with van der Waals surface area (Å²) in [7, 11) is 0. The van der Waals surface area contributed by atoms with Crippen molar-refractivity contribution in [2.75, 3.05) is 44.4 Å². The number of hydrogen-bond acceptors (Lipinski definition) is 5. The second-order valence-corrected chi connectivity index (χ2v) is 6.81. The van der Waals surface area contributed by atoms with Crippen LogP contribution in [0, 0.1) is 12.3 Å². The van der Waals surface area contributed by atoms with E-state index in [-0.39, 0.29) is 12.0 Å². The lowest BCUT2D eigenvalue weighted by molar-refractivity contribution is -0.151. The van der Waals surface area contributed by atoms with Gasteiger partial charge in [0.15, 0.2) is 0 Å². The molecule has 0 amide bonds. The average Bonchev–Trinajstić information content (AvgIpc) is 2.81. The van der Waals surface area contributed by atoms with E-state index in [1.807, 2.05) is 24.8 Å². The molecule has 2 aliphatic rings. The van der Waals surface area contributed by atoms with Gasteiger partial charge in [-0.15, -0.1) is 0 Å². The Balaban J connectivity index is 1.73. The number of thioether (sulfide) groups is 1. The zero-order chi connectivity index (χ0) is 13.3. The quantitative estimate of drug-likeness (QED) is 0.911. The Kier molecular flexibility index (Phi) is 3.89. The molecule has 1 aromatic rings. The first-order valence-corrected chi connectivity index (χ1v) is 7.95. The summed E-state index contributed by atoms with van der Waals surface area (Å²) in [6.45, 7) is 5.50. The van der Waals surface area contributed by atoms with Crippen LogP contribution in [0.2, 0.25) is 0 Å². The minimum Gasteiger partial charge on any atom is -0.465 e. The Morgan fingerprint density at radius 1 is 1.47 bits per heavy atom. The standard InChI is InChI=1S/C14H21NO3S/c1-11-2-3-13(18-11)12-6-19-5-4-15(12)7-14(8-16)9-17-10-14/h2-3,12,16H,4-10H2,1H3. The number of aliphatic hydroxyl groups excluding tert-OH is 1. The molecule has 1 unspecified atom stereocenters. The molecule has 3 heterocycles. The van der Waals surface area contributed by atoms with Gasteiger partial charge in [-0.05, 0) is 19.1 Å². The molecule has 0 saturated carbocycles. The molecule has 0 spiro atoms. The molecule has 0 radical (unpaired) electrons. The number of furan rings is 1. The molecule has 3 rings (SSSR count). The summed E-state index contributed by atoms with van der Waals surface area (Å²) in [4.78, 5) is 2.45. The van der Waals surface area contributed by atoms with Gasteiger partial charge in [0.2, 0.25) is 0 Å². The Bertz CT molecular complexity index is 425. The monoisotopic (exact) mass is 283 g/mol. The minimum absolute atomic E-state index is 0.0537. The number of ether oxygens (including phenoxy) is 1. The fourth-order valence-electron chi connectivity index (χ4n) is 2.78. The second kappa shape index (κ2) is 5.48. The van der Waals surface area contributed by atoms with Crippen LogP contribution in [0.15, 0.2) is 16.5 Å². The summed E-state index contributed by atoms with van der Waals surface area (Å²) in [5.74, 6) is 4.24. The highest BCUT2D eigenvalue weighted by Gasteiger charge is 2.42. The molecule has 19 heavy (non-hydrogen) atoms. The summed E-state index contributed by atoms with van der Waals surface area (Å²) in [5, 5.41) is 9.59. The van der Waals surface area contributed by atoms with Crippen molar-refractivity contribution in [1.29, 1.82) is 0 Å². The molecule has 106 valence electrons. The molecular formula is C14H21NO3S. The fraction of sp³-hybridized carbons (Fsp3) is 0.714.